The fourth-order valence-electron chi connectivity index (χ4n) is 1.30. The molecule has 68 valence electrons. The van der Waals surface area contributed by atoms with Crippen LogP contribution in [0.4, 0.5) is 0 Å². The third-order valence-electron chi connectivity index (χ3n) is 1.69. The summed E-state index contributed by atoms with van der Waals surface area (Å²) in [6.45, 7) is 6.73. The molecule has 0 aliphatic heterocycles. The van der Waals surface area contributed by atoms with Gasteiger partial charge in [0.2, 0.25) is 0 Å². The molecule has 0 aromatic heterocycles. The first-order chi connectivity index (χ1) is 4.98. The Labute approximate surface area is 69.6 Å². The minimum atomic E-state index is -0.551. The van der Waals surface area contributed by atoms with Crippen molar-refractivity contribution >= 4 is 0 Å². The van der Waals surface area contributed by atoms with Crippen molar-refractivity contribution in [2.45, 2.75) is 39.2 Å². The van der Waals surface area contributed by atoms with Crippen molar-refractivity contribution in [2.75, 3.05) is 13.7 Å². The standard InChI is InChI=1S/C9H20O2/c1-8(2)7-9(3,10)5-6-11-4/h8,10H,5-7H2,1-4H3. The predicted octanol–water partition coefficient (Wildman–Crippen LogP) is 1.82. The first-order valence-electron chi connectivity index (χ1n) is 4.19. The van der Waals surface area contributed by atoms with Crippen molar-refractivity contribution in [1.82, 2.24) is 0 Å². The minimum absolute atomic E-state index is 0.543. The lowest BCUT2D eigenvalue weighted by Crippen LogP contribution is -2.27. The van der Waals surface area contributed by atoms with Gasteiger partial charge >= 0.3 is 0 Å². The van der Waals surface area contributed by atoms with E-state index in [9.17, 15) is 5.11 Å². The Morgan fingerprint density at radius 2 is 2.00 bits per heavy atom. The van der Waals surface area contributed by atoms with E-state index in [0.717, 1.165) is 12.8 Å². The third kappa shape index (κ3) is 6.32. The van der Waals surface area contributed by atoms with Crippen LogP contribution in [0.25, 0.3) is 0 Å². The number of hydrogen-bond donors (Lipinski definition) is 1. The molecule has 0 fully saturated rings. The van der Waals surface area contributed by atoms with Crippen molar-refractivity contribution in [3.8, 4) is 0 Å². The van der Waals surface area contributed by atoms with Gasteiger partial charge < -0.3 is 9.84 Å². The van der Waals surface area contributed by atoms with E-state index in [1.807, 2.05) is 6.92 Å². The molecule has 0 aliphatic carbocycles. The summed E-state index contributed by atoms with van der Waals surface area (Å²) in [5, 5.41) is 9.74. The second-order valence-electron chi connectivity index (χ2n) is 3.84. The van der Waals surface area contributed by atoms with Gasteiger partial charge in [-0.25, -0.2) is 0 Å². The molecule has 0 amide bonds. The number of aliphatic hydroxyl groups is 1. The fraction of sp³-hybridized carbons (Fsp3) is 1.00. The molecule has 0 spiro atoms. The Balaban J connectivity index is 3.61. The largest absolute Gasteiger partial charge is 0.390 e. The second-order valence-corrected chi connectivity index (χ2v) is 3.84. The highest BCUT2D eigenvalue weighted by Gasteiger charge is 2.20. The van der Waals surface area contributed by atoms with Crippen LogP contribution < -0.4 is 0 Å². The minimum Gasteiger partial charge on any atom is -0.390 e. The van der Waals surface area contributed by atoms with E-state index in [1.54, 1.807) is 7.11 Å². The lowest BCUT2D eigenvalue weighted by Gasteiger charge is -2.24. The van der Waals surface area contributed by atoms with Crippen LogP contribution in [0, 0.1) is 5.92 Å². The SMILES string of the molecule is COCCC(C)(O)CC(C)C. The van der Waals surface area contributed by atoms with Gasteiger partial charge in [0, 0.05) is 13.7 Å². The highest BCUT2D eigenvalue weighted by molar-refractivity contribution is 4.73. The summed E-state index contributed by atoms with van der Waals surface area (Å²) in [4.78, 5) is 0. The fourth-order valence-corrected chi connectivity index (χ4v) is 1.30. The summed E-state index contributed by atoms with van der Waals surface area (Å²) in [7, 11) is 1.66. The Morgan fingerprint density at radius 1 is 1.45 bits per heavy atom. The zero-order chi connectivity index (χ0) is 8.91. The van der Waals surface area contributed by atoms with E-state index < -0.39 is 5.60 Å². The van der Waals surface area contributed by atoms with Gasteiger partial charge in [0.15, 0.2) is 0 Å². The van der Waals surface area contributed by atoms with Gasteiger partial charge in [0.1, 0.15) is 0 Å². The molecule has 1 unspecified atom stereocenters. The number of rotatable bonds is 5. The summed E-state index contributed by atoms with van der Waals surface area (Å²) in [5.41, 5.74) is -0.551. The van der Waals surface area contributed by atoms with Crippen LogP contribution in [0.15, 0.2) is 0 Å². The van der Waals surface area contributed by atoms with E-state index in [4.69, 9.17) is 4.74 Å². The number of methoxy groups -OCH3 is 1. The van der Waals surface area contributed by atoms with E-state index in [-0.39, 0.29) is 0 Å². The Hall–Kier alpha value is -0.0800. The summed E-state index contributed by atoms with van der Waals surface area (Å²) in [5.74, 6) is 0.543. The van der Waals surface area contributed by atoms with Gasteiger partial charge in [-0.2, -0.15) is 0 Å². The Morgan fingerprint density at radius 3 is 2.36 bits per heavy atom. The average molecular weight is 160 g/mol. The van der Waals surface area contributed by atoms with E-state index >= 15 is 0 Å². The van der Waals surface area contributed by atoms with Crippen LogP contribution in [-0.4, -0.2) is 24.4 Å². The summed E-state index contributed by atoms with van der Waals surface area (Å²) in [6, 6.07) is 0. The smallest absolute Gasteiger partial charge is 0.0644 e. The highest BCUT2D eigenvalue weighted by Crippen LogP contribution is 2.19. The van der Waals surface area contributed by atoms with E-state index in [0.29, 0.717) is 12.5 Å². The molecule has 0 rings (SSSR count). The molecule has 0 aliphatic rings. The molecule has 1 atom stereocenters. The topological polar surface area (TPSA) is 29.5 Å². The first kappa shape index (κ1) is 10.9. The first-order valence-corrected chi connectivity index (χ1v) is 4.19. The van der Waals surface area contributed by atoms with Gasteiger partial charge in [-0.1, -0.05) is 13.8 Å². The molecule has 0 radical (unpaired) electrons. The lowest BCUT2D eigenvalue weighted by molar-refractivity contribution is 0.00764. The Bertz CT molecular complexity index is 97.7. The zero-order valence-corrected chi connectivity index (χ0v) is 8.05. The van der Waals surface area contributed by atoms with Crippen molar-refractivity contribution < 1.29 is 9.84 Å². The van der Waals surface area contributed by atoms with Crippen LogP contribution in [0.2, 0.25) is 0 Å². The van der Waals surface area contributed by atoms with Crippen molar-refractivity contribution in [3.63, 3.8) is 0 Å². The maximum Gasteiger partial charge on any atom is 0.0644 e. The van der Waals surface area contributed by atoms with Crippen LogP contribution in [0.5, 0.6) is 0 Å². The van der Waals surface area contributed by atoms with Crippen LogP contribution in [-0.2, 0) is 4.74 Å². The molecule has 2 nitrogen and oxygen atoms in total. The van der Waals surface area contributed by atoms with Crippen molar-refractivity contribution in [3.05, 3.63) is 0 Å². The van der Waals surface area contributed by atoms with Gasteiger partial charge in [-0.15, -0.1) is 0 Å². The van der Waals surface area contributed by atoms with E-state index in [2.05, 4.69) is 13.8 Å². The third-order valence-corrected chi connectivity index (χ3v) is 1.69. The van der Waals surface area contributed by atoms with Crippen LogP contribution >= 0.6 is 0 Å². The van der Waals surface area contributed by atoms with Crippen molar-refractivity contribution in [2.24, 2.45) is 5.92 Å². The van der Waals surface area contributed by atoms with Crippen molar-refractivity contribution in [1.29, 1.82) is 0 Å². The summed E-state index contributed by atoms with van der Waals surface area (Å²) in [6.07, 6.45) is 1.57. The summed E-state index contributed by atoms with van der Waals surface area (Å²) >= 11 is 0. The molecule has 0 saturated heterocycles. The van der Waals surface area contributed by atoms with Gasteiger partial charge in [-0.3, -0.25) is 0 Å². The van der Waals surface area contributed by atoms with E-state index in [1.165, 1.54) is 0 Å². The molecular formula is C9H20O2. The Kier molecular flexibility index (Phi) is 4.69. The molecule has 1 N–H and O–H groups in total. The molecule has 0 aromatic carbocycles. The molecule has 0 aromatic rings. The van der Waals surface area contributed by atoms with Gasteiger partial charge in [-0.05, 0) is 25.7 Å². The maximum atomic E-state index is 9.74. The number of hydrogen-bond acceptors (Lipinski definition) is 2. The quantitative estimate of drug-likeness (QED) is 0.664. The van der Waals surface area contributed by atoms with Crippen LogP contribution in [0.3, 0.4) is 0 Å². The average Bonchev–Trinajstić information content (AvgIpc) is 1.81. The summed E-state index contributed by atoms with van der Waals surface area (Å²) < 4.78 is 4.90. The van der Waals surface area contributed by atoms with Gasteiger partial charge in [0.25, 0.3) is 0 Å². The second kappa shape index (κ2) is 4.73. The monoisotopic (exact) mass is 160 g/mol. The lowest BCUT2D eigenvalue weighted by atomic mass is 9.92. The molecular weight excluding hydrogens is 140 g/mol. The molecule has 0 saturated carbocycles. The maximum absolute atomic E-state index is 9.74. The predicted molar refractivity (Wildman–Crippen MR) is 46.6 cm³/mol. The molecule has 0 heterocycles. The normalized spacial score (nSPS) is 16.9. The molecule has 0 bridgehead atoms. The molecule has 2 heteroatoms. The van der Waals surface area contributed by atoms with Gasteiger partial charge in [0.05, 0.1) is 5.60 Å². The number of ether oxygens (including phenoxy) is 1. The molecule has 11 heavy (non-hydrogen) atoms. The van der Waals surface area contributed by atoms with Crippen LogP contribution in [0.1, 0.15) is 33.6 Å². The zero-order valence-electron chi connectivity index (χ0n) is 8.05. The highest BCUT2D eigenvalue weighted by atomic mass is 16.5.